The van der Waals surface area contributed by atoms with E-state index in [2.05, 4.69) is 10.3 Å². The Bertz CT molecular complexity index is 1260. The van der Waals surface area contributed by atoms with Crippen molar-refractivity contribution < 1.29 is 9.59 Å². The maximum atomic E-state index is 12.7. The van der Waals surface area contributed by atoms with E-state index in [0.717, 1.165) is 29.5 Å². The number of nitrogens with zero attached hydrogens (tertiary/aromatic N) is 2. The number of fused-ring (bicyclic) bond motifs is 1. The minimum absolute atomic E-state index is 0.321. The SMILES string of the molecule is NC(=O)C1CCCN1Cc1ccccc1NC(=O)Cn1c(=O)[nH]c2ccccc2c1=O. The number of para-hydroxylation sites is 2. The van der Waals surface area contributed by atoms with E-state index < -0.39 is 23.7 Å². The molecule has 1 saturated heterocycles. The Morgan fingerprint density at radius 1 is 1.10 bits per heavy atom. The van der Waals surface area contributed by atoms with E-state index in [4.69, 9.17) is 5.73 Å². The van der Waals surface area contributed by atoms with Crippen LogP contribution in [0.3, 0.4) is 0 Å². The molecule has 0 radical (unpaired) electrons. The summed E-state index contributed by atoms with van der Waals surface area (Å²) >= 11 is 0. The first-order valence-corrected chi connectivity index (χ1v) is 10.1. The Hall–Kier alpha value is -3.72. The lowest BCUT2D eigenvalue weighted by Crippen LogP contribution is -2.40. The van der Waals surface area contributed by atoms with E-state index in [0.29, 0.717) is 23.1 Å². The number of hydrogen-bond donors (Lipinski definition) is 3. The second kappa shape index (κ2) is 8.57. The van der Waals surface area contributed by atoms with Crippen LogP contribution in [0.1, 0.15) is 18.4 Å². The molecule has 1 aromatic heterocycles. The van der Waals surface area contributed by atoms with Crippen LogP contribution >= 0.6 is 0 Å². The van der Waals surface area contributed by atoms with Crippen molar-refractivity contribution in [3.63, 3.8) is 0 Å². The standard InChI is InChI=1S/C22H23N5O4/c23-20(29)18-10-5-11-26(18)12-14-6-1-3-8-16(14)24-19(28)13-27-21(30)15-7-2-4-9-17(15)25-22(27)31/h1-4,6-9,18H,5,10-13H2,(H2,23,29)(H,24,28)(H,25,31). The average Bonchev–Trinajstić information content (AvgIpc) is 3.21. The number of aromatic amines is 1. The number of nitrogens with two attached hydrogens (primary N) is 1. The van der Waals surface area contributed by atoms with Gasteiger partial charge in [0.25, 0.3) is 5.56 Å². The number of rotatable bonds is 6. The van der Waals surface area contributed by atoms with Crippen LogP contribution in [0.15, 0.2) is 58.1 Å². The molecule has 0 bridgehead atoms. The molecule has 0 saturated carbocycles. The number of anilines is 1. The van der Waals surface area contributed by atoms with Gasteiger partial charge in [-0.3, -0.25) is 23.9 Å². The fourth-order valence-corrected chi connectivity index (χ4v) is 4.01. The van der Waals surface area contributed by atoms with Crippen LogP contribution in [0.2, 0.25) is 0 Å². The first-order valence-electron chi connectivity index (χ1n) is 10.1. The lowest BCUT2D eigenvalue weighted by Gasteiger charge is -2.23. The second-order valence-electron chi connectivity index (χ2n) is 7.60. The minimum Gasteiger partial charge on any atom is -0.368 e. The summed E-state index contributed by atoms with van der Waals surface area (Å²) < 4.78 is 0.879. The molecule has 2 amide bonds. The molecule has 160 valence electrons. The maximum Gasteiger partial charge on any atom is 0.329 e. The zero-order valence-electron chi connectivity index (χ0n) is 16.8. The number of nitrogens with one attached hydrogen (secondary N) is 2. The van der Waals surface area contributed by atoms with Gasteiger partial charge in [-0.2, -0.15) is 0 Å². The summed E-state index contributed by atoms with van der Waals surface area (Å²) in [6, 6.07) is 13.6. The van der Waals surface area contributed by atoms with Gasteiger partial charge in [0.2, 0.25) is 11.8 Å². The van der Waals surface area contributed by atoms with Crippen molar-refractivity contribution in [1.82, 2.24) is 14.5 Å². The van der Waals surface area contributed by atoms with Gasteiger partial charge in [0.15, 0.2) is 0 Å². The molecule has 1 aliphatic rings. The van der Waals surface area contributed by atoms with E-state index >= 15 is 0 Å². The predicted molar refractivity (Wildman–Crippen MR) is 117 cm³/mol. The highest BCUT2D eigenvalue weighted by Crippen LogP contribution is 2.23. The lowest BCUT2D eigenvalue weighted by atomic mass is 10.1. The van der Waals surface area contributed by atoms with Gasteiger partial charge in [0.1, 0.15) is 6.54 Å². The molecule has 3 aromatic rings. The summed E-state index contributed by atoms with van der Waals surface area (Å²) in [7, 11) is 0. The number of H-pyrrole nitrogens is 1. The highest BCUT2D eigenvalue weighted by molar-refractivity contribution is 5.91. The third-order valence-electron chi connectivity index (χ3n) is 5.55. The summed E-state index contributed by atoms with van der Waals surface area (Å²) in [5.74, 6) is -0.850. The third kappa shape index (κ3) is 4.26. The molecule has 0 spiro atoms. The van der Waals surface area contributed by atoms with Crippen molar-refractivity contribution in [1.29, 1.82) is 0 Å². The van der Waals surface area contributed by atoms with Gasteiger partial charge >= 0.3 is 5.69 Å². The number of benzene rings is 2. The normalized spacial score (nSPS) is 16.5. The number of hydrogen-bond acceptors (Lipinski definition) is 5. The van der Waals surface area contributed by atoms with Crippen molar-refractivity contribution in [2.75, 3.05) is 11.9 Å². The van der Waals surface area contributed by atoms with Gasteiger partial charge in [-0.05, 0) is 43.1 Å². The fraction of sp³-hybridized carbons (Fsp3) is 0.273. The number of likely N-dealkylation sites (tertiary alicyclic amines) is 1. The van der Waals surface area contributed by atoms with Crippen molar-refractivity contribution in [3.8, 4) is 0 Å². The molecule has 1 unspecified atom stereocenters. The highest BCUT2D eigenvalue weighted by atomic mass is 16.2. The van der Waals surface area contributed by atoms with Gasteiger partial charge in [-0.15, -0.1) is 0 Å². The topological polar surface area (TPSA) is 130 Å². The fourth-order valence-electron chi connectivity index (χ4n) is 4.01. The number of aromatic nitrogens is 2. The highest BCUT2D eigenvalue weighted by Gasteiger charge is 2.29. The van der Waals surface area contributed by atoms with Crippen LogP contribution < -0.4 is 22.3 Å². The van der Waals surface area contributed by atoms with Gasteiger partial charge < -0.3 is 16.0 Å². The smallest absolute Gasteiger partial charge is 0.329 e. The van der Waals surface area contributed by atoms with Crippen LogP contribution in [0.4, 0.5) is 5.69 Å². The molecule has 31 heavy (non-hydrogen) atoms. The zero-order valence-corrected chi connectivity index (χ0v) is 16.8. The van der Waals surface area contributed by atoms with E-state index in [-0.39, 0.29) is 11.9 Å². The monoisotopic (exact) mass is 421 g/mol. The molecule has 4 rings (SSSR count). The van der Waals surface area contributed by atoms with Crippen molar-refractivity contribution >= 4 is 28.4 Å². The molecule has 0 aliphatic carbocycles. The summed E-state index contributed by atoms with van der Waals surface area (Å²) in [5, 5.41) is 3.12. The molecule has 2 heterocycles. The molecular weight excluding hydrogens is 398 g/mol. The van der Waals surface area contributed by atoms with Crippen LogP contribution in [0.25, 0.3) is 10.9 Å². The van der Waals surface area contributed by atoms with Crippen LogP contribution in [-0.4, -0.2) is 38.9 Å². The third-order valence-corrected chi connectivity index (χ3v) is 5.55. The van der Waals surface area contributed by atoms with Crippen molar-refractivity contribution in [3.05, 3.63) is 74.9 Å². The molecule has 9 nitrogen and oxygen atoms in total. The van der Waals surface area contributed by atoms with Crippen LogP contribution in [0, 0.1) is 0 Å². The van der Waals surface area contributed by atoms with E-state index in [1.165, 1.54) is 0 Å². The Labute approximate surface area is 177 Å². The van der Waals surface area contributed by atoms with Crippen LogP contribution in [-0.2, 0) is 22.7 Å². The minimum atomic E-state index is -0.645. The van der Waals surface area contributed by atoms with E-state index in [9.17, 15) is 19.2 Å². The lowest BCUT2D eigenvalue weighted by molar-refractivity contribution is -0.122. The van der Waals surface area contributed by atoms with Crippen LogP contribution in [0.5, 0.6) is 0 Å². The summed E-state index contributed by atoms with van der Waals surface area (Å²) in [6.07, 6.45) is 1.60. The van der Waals surface area contributed by atoms with E-state index in [1.54, 1.807) is 36.4 Å². The number of primary amides is 1. The van der Waals surface area contributed by atoms with Crippen molar-refractivity contribution in [2.45, 2.75) is 32.0 Å². The Balaban J connectivity index is 1.54. The molecule has 9 heteroatoms. The average molecular weight is 421 g/mol. The first-order chi connectivity index (χ1) is 14.9. The van der Waals surface area contributed by atoms with Crippen molar-refractivity contribution in [2.24, 2.45) is 5.73 Å². The first kappa shape index (κ1) is 20.5. The zero-order chi connectivity index (χ0) is 22.0. The molecule has 4 N–H and O–H groups in total. The largest absolute Gasteiger partial charge is 0.368 e. The molecule has 2 aromatic carbocycles. The molecule has 1 fully saturated rings. The number of carbonyl (C=O) groups is 2. The Morgan fingerprint density at radius 2 is 1.84 bits per heavy atom. The number of carbonyl (C=O) groups excluding carboxylic acids is 2. The van der Waals surface area contributed by atoms with E-state index in [1.807, 2.05) is 17.0 Å². The summed E-state index contributed by atoms with van der Waals surface area (Å²) in [4.78, 5) is 53.9. The Morgan fingerprint density at radius 3 is 2.65 bits per heavy atom. The van der Waals surface area contributed by atoms with Gasteiger partial charge in [-0.25, -0.2) is 4.79 Å². The quantitative estimate of drug-likeness (QED) is 0.541. The molecule has 1 aliphatic heterocycles. The molecule has 1 atom stereocenters. The van der Waals surface area contributed by atoms with Gasteiger partial charge in [0.05, 0.1) is 16.9 Å². The maximum absolute atomic E-state index is 12.7. The predicted octanol–water partition coefficient (Wildman–Crippen LogP) is 0.778. The summed E-state index contributed by atoms with van der Waals surface area (Å²) in [5.41, 5.74) is 6.14. The summed E-state index contributed by atoms with van der Waals surface area (Å²) in [6.45, 7) is 0.791. The van der Waals surface area contributed by atoms with Gasteiger partial charge in [0, 0.05) is 12.2 Å². The second-order valence-corrected chi connectivity index (χ2v) is 7.60. The number of amides is 2. The molecular formula is C22H23N5O4. The Kier molecular flexibility index (Phi) is 5.68. The van der Waals surface area contributed by atoms with Gasteiger partial charge in [-0.1, -0.05) is 30.3 Å².